The van der Waals surface area contributed by atoms with Gasteiger partial charge >= 0.3 is 0 Å². The smallest absolute Gasteiger partial charge is 0.277 e. The molecule has 0 radical (unpaired) electrons. The summed E-state index contributed by atoms with van der Waals surface area (Å²) in [6.07, 6.45) is 2.31. The molecule has 1 aliphatic rings. The summed E-state index contributed by atoms with van der Waals surface area (Å²) >= 11 is 1.05. The van der Waals surface area contributed by atoms with E-state index in [-0.39, 0.29) is 28.3 Å². The minimum Gasteiger partial charge on any atom is -0.411 e. The number of halogens is 1. The molecular formula is C16H17FN4O3S. The lowest BCUT2D eigenvalue weighted by Gasteiger charge is -2.33. The molecule has 7 nitrogen and oxygen atoms in total. The largest absolute Gasteiger partial charge is 0.411 e. The number of likely N-dealkylation sites (tertiary alicyclic amines) is 1. The van der Waals surface area contributed by atoms with Crippen LogP contribution in [0.2, 0.25) is 0 Å². The first-order valence-corrected chi connectivity index (χ1v) is 8.85. The third-order valence-electron chi connectivity index (χ3n) is 3.98. The number of piperidine rings is 1. The van der Waals surface area contributed by atoms with E-state index in [0.717, 1.165) is 24.6 Å². The molecule has 3 rings (SSSR count). The Morgan fingerprint density at radius 1 is 1.32 bits per heavy atom. The van der Waals surface area contributed by atoms with Crippen molar-refractivity contribution in [3.8, 4) is 11.5 Å². The Morgan fingerprint density at radius 2 is 2.12 bits per heavy atom. The Labute approximate surface area is 147 Å². The molecule has 0 spiro atoms. The molecule has 1 aromatic heterocycles. The second-order valence-corrected chi connectivity index (χ2v) is 6.57. The summed E-state index contributed by atoms with van der Waals surface area (Å²) in [6.45, 7) is 0.511. The van der Waals surface area contributed by atoms with Crippen LogP contribution in [-0.2, 0) is 9.59 Å². The van der Waals surface area contributed by atoms with Gasteiger partial charge in [-0.3, -0.25) is 9.59 Å². The lowest BCUT2D eigenvalue weighted by molar-refractivity contribution is -0.138. The number of hydrogen-bond donors (Lipinski definition) is 1. The molecule has 1 fully saturated rings. The highest BCUT2D eigenvalue weighted by molar-refractivity contribution is 7.99. The number of primary amides is 1. The topological polar surface area (TPSA) is 102 Å². The fraction of sp³-hybridized carbons (Fsp3) is 0.375. The maximum atomic E-state index is 13.7. The van der Waals surface area contributed by atoms with Crippen LogP contribution in [0, 0.1) is 5.82 Å². The van der Waals surface area contributed by atoms with Gasteiger partial charge in [0.15, 0.2) is 0 Å². The van der Waals surface area contributed by atoms with Crippen LogP contribution in [0.4, 0.5) is 4.39 Å². The minimum atomic E-state index is -0.557. The van der Waals surface area contributed by atoms with Crippen LogP contribution in [0.25, 0.3) is 11.5 Å². The Hall–Kier alpha value is -2.42. The number of nitrogens with two attached hydrogens (primary N) is 1. The van der Waals surface area contributed by atoms with E-state index in [0.29, 0.717) is 13.0 Å². The van der Waals surface area contributed by atoms with E-state index in [4.69, 9.17) is 10.2 Å². The average Bonchev–Trinajstić information content (AvgIpc) is 3.08. The van der Waals surface area contributed by atoms with Crippen molar-refractivity contribution in [3.63, 3.8) is 0 Å². The SMILES string of the molecule is NC(=O)[C@H]1CCCCN1C(=O)CSc1nnc(-c2ccccc2F)o1. The second kappa shape index (κ2) is 7.64. The van der Waals surface area contributed by atoms with E-state index in [1.807, 2.05) is 0 Å². The quantitative estimate of drug-likeness (QED) is 0.812. The highest BCUT2D eigenvalue weighted by Crippen LogP contribution is 2.26. The van der Waals surface area contributed by atoms with Gasteiger partial charge < -0.3 is 15.1 Å². The number of thioether (sulfide) groups is 1. The van der Waals surface area contributed by atoms with Crippen molar-refractivity contribution >= 4 is 23.6 Å². The molecule has 0 unspecified atom stereocenters. The third kappa shape index (κ3) is 3.98. The maximum absolute atomic E-state index is 13.7. The zero-order valence-corrected chi connectivity index (χ0v) is 14.2. The molecule has 2 heterocycles. The predicted octanol–water partition coefficient (Wildman–Crippen LogP) is 1.83. The predicted molar refractivity (Wildman–Crippen MR) is 89.0 cm³/mol. The standard InChI is InChI=1S/C16H17FN4O3S/c17-11-6-2-1-5-10(11)15-19-20-16(24-15)25-9-13(22)21-8-4-3-7-12(21)14(18)23/h1-2,5-6,12H,3-4,7-9H2,(H2,18,23)/t12-/m1/s1. The van der Waals surface area contributed by atoms with Crippen LogP contribution >= 0.6 is 11.8 Å². The molecule has 0 bridgehead atoms. The summed E-state index contributed by atoms with van der Waals surface area (Å²) in [5, 5.41) is 7.79. The van der Waals surface area contributed by atoms with E-state index in [1.165, 1.54) is 17.0 Å². The van der Waals surface area contributed by atoms with Gasteiger partial charge in [0.2, 0.25) is 11.8 Å². The van der Waals surface area contributed by atoms with E-state index in [9.17, 15) is 14.0 Å². The normalized spacial score (nSPS) is 17.5. The second-order valence-electron chi connectivity index (χ2n) is 5.64. The number of amides is 2. The first kappa shape index (κ1) is 17.4. The molecule has 132 valence electrons. The number of benzene rings is 1. The van der Waals surface area contributed by atoms with Crippen molar-refractivity contribution < 1.29 is 18.4 Å². The van der Waals surface area contributed by atoms with Gasteiger partial charge in [0.1, 0.15) is 11.9 Å². The Balaban J connectivity index is 1.63. The minimum absolute atomic E-state index is 0.0443. The fourth-order valence-corrected chi connectivity index (χ4v) is 3.39. The summed E-state index contributed by atoms with van der Waals surface area (Å²) < 4.78 is 19.1. The first-order chi connectivity index (χ1) is 12.1. The number of aromatic nitrogens is 2. The van der Waals surface area contributed by atoms with Gasteiger partial charge in [-0.25, -0.2) is 4.39 Å². The molecule has 1 aliphatic heterocycles. The summed E-state index contributed by atoms with van der Waals surface area (Å²) in [5.41, 5.74) is 5.58. The zero-order valence-electron chi connectivity index (χ0n) is 13.4. The number of rotatable bonds is 5. The van der Waals surface area contributed by atoms with Crippen LogP contribution in [0.15, 0.2) is 33.9 Å². The van der Waals surface area contributed by atoms with E-state index in [2.05, 4.69) is 10.2 Å². The van der Waals surface area contributed by atoms with E-state index < -0.39 is 17.8 Å². The van der Waals surface area contributed by atoms with Crippen LogP contribution in [0.5, 0.6) is 0 Å². The van der Waals surface area contributed by atoms with E-state index in [1.54, 1.807) is 12.1 Å². The van der Waals surface area contributed by atoms with Crippen molar-refractivity contribution in [3.05, 3.63) is 30.1 Å². The van der Waals surface area contributed by atoms with Crippen molar-refractivity contribution in [2.45, 2.75) is 30.5 Å². The van der Waals surface area contributed by atoms with E-state index >= 15 is 0 Å². The molecule has 1 aromatic carbocycles. The average molecular weight is 364 g/mol. The molecule has 0 aliphatic carbocycles. The van der Waals surface area contributed by atoms with Gasteiger partial charge in [-0.1, -0.05) is 23.9 Å². The van der Waals surface area contributed by atoms with Gasteiger partial charge in [-0.05, 0) is 31.4 Å². The Morgan fingerprint density at radius 3 is 2.88 bits per heavy atom. The molecule has 9 heteroatoms. The molecule has 2 amide bonds. The van der Waals surface area contributed by atoms with Crippen molar-refractivity contribution in [2.75, 3.05) is 12.3 Å². The number of carbonyl (C=O) groups is 2. The maximum Gasteiger partial charge on any atom is 0.277 e. The number of nitrogens with zero attached hydrogens (tertiary/aromatic N) is 3. The molecule has 1 atom stereocenters. The van der Waals surface area contributed by atoms with Crippen LogP contribution in [0.3, 0.4) is 0 Å². The summed E-state index contributed by atoms with van der Waals surface area (Å²) in [7, 11) is 0. The Kier molecular flexibility index (Phi) is 5.32. The van der Waals surface area contributed by atoms with Gasteiger partial charge in [-0.2, -0.15) is 0 Å². The van der Waals surface area contributed by atoms with Gasteiger partial charge in [0.25, 0.3) is 11.1 Å². The molecule has 2 aromatic rings. The van der Waals surface area contributed by atoms with Crippen LogP contribution < -0.4 is 5.73 Å². The van der Waals surface area contributed by atoms with Gasteiger partial charge in [-0.15, -0.1) is 10.2 Å². The lowest BCUT2D eigenvalue weighted by atomic mass is 10.0. The molecule has 1 saturated heterocycles. The zero-order chi connectivity index (χ0) is 17.8. The van der Waals surface area contributed by atoms with Crippen molar-refractivity contribution in [1.29, 1.82) is 0 Å². The Bertz CT molecular complexity index is 782. The van der Waals surface area contributed by atoms with Crippen LogP contribution in [-0.4, -0.2) is 45.3 Å². The number of carbonyl (C=O) groups excluding carboxylic acids is 2. The first-order valence-electron chi connectivity index (χ1n) is 7.86. The summed E-state index contributed by atoms with van der Waals surface area (Å²) in [6, 6.07) is 5.51. The van der Waals surface area contributed by atoms with Crippen molar-refractivity contribution in [1.82, 2.24) is 15.1 Å². The van der Waals surface area contributed by atoms with Crippen LogP contribution in [0.1, 0.15) is 19.3 Å². The van der Waals surface area contributed by atoms with Gasteiger partial charge in [0, 0.05) is 6.54 Å². The summed E-state index contributed by atoms with van der Waals surface area (Å²) in [4.78, 5) is 25.4. The lowest BCUT2D eigenvalue weighted by Crippen LogP contribution is -2.51. The molecule has 2 N–H and O–H groups in total. The summed E-state index contributed by atoms with van der Waals surface area (Å²) in [5.74, 6) is -1.06. The van der Waals surface area contributed by atoms with Gasteiger partial charge in [0.05, 0.1) is 11.3 Å². The third-order valence-corrected chi connectivity index (χ3v) is 4.78. The number of hydrogen-bond acceptors (Lipinski definition) is 6. The highest BCUT2D eigenvalue weighted by Gasteiger charge is 2.30. The molecule has 25 heavy (non-hydrogen) atoms. The monoisotopic (exact) mass is 364 g/mol. The fourth-order valence-electron chi connectivity index (χ4n) is 2.74. The van der Waals surface area contributed by atoms with Crippen molar-refractivity contribution in [2.24, 2.45) is 5.73 Å². The molecular weight excluding hydrogens is 347 g/mol. The molecule has 0 saturated carbocycles. The highest BCUT2D eigenvalue weighted by atomic mass is 32.2.